The smallest absolute Gasteiger partial charge is 0.333 e. The first kappa shape index (κ1) is 34.6. The summed E-state index contributed by atoms with van der Waals surface area (Å²) < 4.78 is 2.70. The van der Waals surface area contributed by atoms with E-state index in [1.165, 1.54) is 93.9 Å². The highest BCUT2D eigenvalue weighted by Crippen LogP contribution is 2.59. The van der Waals surface area contributed by atoms with Gasteiger partial charge in [-0.05, 0) is 104 Å². The molecule has 3 aliphatic heterocycles. The Bertz CT molecular complexity index is 3560. The average Bonchev–Trinajstić information content (AvgIpc) is 3.67. The average molecular weight is 800 g/mol. The molecule has 0 N–H and O–H groups in total. The summed E-state index contributed by atoms with van der Waals surface area (Å²) >= 11 is 0. The number of fused-ring (bicyclic) bond motifs is 10. The van der Waals surface area contributed by atoms with Gasteiger partial charge in [0.05, 0.1) is 11.1 Å². The van der Waals surface area contributed by atoms with Crippen LogP contribution in [0.15, 0.2) is 231 Å². The molecule has 0 saturated heterocycles. The summed E-state index contributed by atoms with van der Waals surface area (Å²) in [6.45, 7) is -0.0947. The van der Waals surface area contributed by atoms with E-state index in [-0.39, 0.29) is 6.85 Å². The molecule has 292 valence electrons. The van der Waals surface area contributed by atoms with Crippen LogP contribution in [-0.2, 0) is 5.41 Å². The Morgan fingerprint density at radius 2 is 1.00 bits per heavy atom. The van der Waals surface area contributed by atoms with Gasteiger partial charge < -0.3 is 14.3 Å². The van der Waals surface area contributed by atoms with E-state index >= 15 is 0 Å². The van der Waals surface area contributed by atoms with E-state index in [0.717, 1.165) is 17.1 Å². The Balaban J connectivity index is 1.17. The lowest BCUT2D eigenvalue weighted by Crippen LogP contribution is -2.58. The number of hydrogen-bond acceptors (Lipinski definition) is 2. The van der Waals surface area contributed by atoms with Gasteiger partial charge in [-0.1, -0.05) is 176 Å². The number of aromatic nitrogens is 1. The maximum absolute atomic E-state index is 2.70. The van der Waals surface area contributed by atoms with Gasteiger partial charge in [0.15, 0.2) is 0 Å². The molecule has 63 heavy (non-hydrogen) atoms. The molecule has 0 spiro atoms. The molecule has 3 aliphatic rings. The van der Waals surface area contributed by atoms with Crippen molar-refractivity contribution in [2.45, 2.75) is 5.41 Å². The summed E-state index contributed by atoms with van der Waals surface area (Å²) in [6.07, 6.45) is 0. The van der Waals surface area contributed by atoms with Gasteiger partial charge in [-0.3, -0.25) is 0 Å². The zero-order chi connectivity index (χ0) is 41.2. The maximum atomic E-state index is 2.70. The molecule has 0 aliphatic carbocycles. The summed E-state index contributed by atoms with van der Waals surface area (Å²) in [4.78, 5) is 5.06. The van der Waals surface area contributed by atoms with Crippen LogP contribution in [0, 0.1) is 0 Å². The zero-order valence-corrected chi connectivity index (χ0v) is 34.4. The molecule has 0 radical (unpaired) electrons. The van der Waals surface area contributed by atoms with Gasteiger partial charge in [0.25, 0.3) is 0 Å². The molecule has 0 amide bonds. The predicted molar refractivity (Wildman–Crippen MR) is 264 cm³/mol. The Kier molecular flexibility index (Phi) is 7.13. The lowest BCUT2D eigenvalue weighted by molar-refractivity contribution is 0.732. The van der Waals surface area contributed by atoms with E-state index < -0.39 is 5.41 Å². The van der Waals surface area contributed by atoms with Crippen LogP contribution in [0.5, 0.6) is 0 Å². The standard InChI is InChI=1S/C59H38BN3/c1-5-21-41(22-6-1)59(42-23-7-2-8-24-42)50-31-15-16-34-53(50)62-55-38-45(61(43-25-9-3-10-26-43)44-27-11-4-12-28-44)37-49-47-30-17-29-46-48-35-39-19-13-14-20-40(39)36-54(48)63(57(46)47)60(56(49)55)52-33-18-32-51(59)58(52)62/h1-38H. The molecule has 0 fully saturated rings. The van der Waals surface area contributed by atoms with E-state index in [1.54, 1.807) is 0 Å². The first-order valence-corrected chi connectivity index (χ1v) is 22.0. The van der Waals surface area contributed by atoms with Gasteiger partial charge in [-0.2, -0.15) is 0 Å². The van der Waals surface area contributed by atoms with Crippen LogP contribution in [0.2, 0.25) is 0 Å². The van der Waals surface area contributed by atoms with Crippen LogP contribution in [0.25, 0.3) is 43.7 Å². The fourth-order valence-electron chi connectivity index (χ4n) is 11.7. The van der Waals surface area contributed by atoms with Gasteiger partial charge in [-0.25, -0.2) is 0 Å². The Hall–Kier alpha value is -8.08. The largest absolute Gasteiger partial charge is 0.375 e. The van der Waals surface area contributed by atoms with Crippen molar-refractivity contribution in [3.8, 4) is 11.1 Å². The summed E-state index contributed by atoms with van der Waals surface area (Å²) in [5.74, 6) is 0. The number of hydrogen-bond donors (Lipinski definition) is 0. The number of benzene rings is 10. The second kappa shape index (κ2) is 13.0. The van der Waals surface area contributed by atoms with Crippen LogP contribution in [0.1, 0.15) is 22.3 Å². The van der Waals surface area contributed by atoms with Gasteiger partial charge in [-0.15, -0.1) is 0 Å². The van der Waals surface area contributed by atoms with Crippen molar-refractivity contribution >= 4 is 84.5 Å². The molecule has 4 heterocycles. The molecule has 11 aromatic rings. The van der Waals surface area contributed by atoms with Crippen LogP contribution in [0.4, 0.5) is 34.1 Å². The van der Waals surface area contributed by atoms with E-state index in [9.17, 15) is 0 Å². The number of anilines is 6. The minimum Gasteiger partial charge on any atom is -0.375 e. The fourth-order valence-corrected chi connectivity index (χ4v) is 11.7. The third-order valence-electron chi connectivity index (χ3n) is 14.1. The molecular weight excluding hydrogens is 761 g/mol. The van der Waals surface area contributed by atoms with Gasteiger partial charge >= 0.3 is 6.85 Å². The third kappa shape index (κ3) is 4.59. The van der Waals surface area contributed by atoms with Gasteiger partial charge in [0.2, 0.25) is 0 Å². The van der Waals surface area contributed by atoms with Crippen LogP contribution in [-0.4, -0.2) is 11.3 Å². The SMILES string of the molecule is c1ccc(N(c2ccccc2)c2cc3c4c(c2)N2c5ccccc5C(c5ccccc5)(c5ccccc5)c5cccc(c52)B4n2c4cc5ccccc5cc4c4cccc-3c42)cc1. The van der Waals surface area contributed by atoms with Crippen molar-refractivity contribution in [3.05, 3.63) is 253 Å². The van der Waals surface area contributed by atoms with Crippen molar-refractivity contribution in [2.24, 2.45) is 0 Å². The highest BCUT2D eigenvalue weighted by molar-refractivity contribution is 6.90. The number of para-hydroxylation sites is 5. The molecule has 3 nitrogen and oxygen atoms in total. The molecule has 0 bridgehead atoms. The van der Waals surface area contributed by atoms with E-state index in [0.29, 0.717) is 0 Å². The van der Waals surface area contributed by atoms with Crippen LogP contribution >= 0.6 is 0 Å². The molecule has 0 unspecified atom stereocenters. The molecule has 14 rings (SSSR count). The van der Waals surface area contributed by atoms with Crippen molar-refractivity contribution in [1.29, 1.82) is 0 Å². The molecule has 0 atom stereocenters. The van der Waals surface area contributed by atoms with Gasteiger partial charge in [0, 0.05) is 55.8 Å². The molecular formula is C59H38BN3. The Labute approximate surface area is 366 Å². The quantitative estimate of drug-likeness (QED) is 0.161. The van der Waals surface area contributed by atoms with E-state index in [4.69, 9.17) is 0 Å². The van der Waals surface area contributed by atoms with Crippen LogP contribution in [0.3, 0.4) is 0 Å². The molecule has 1 aromatic heterocycles. The highest BCUT2D eigenvalue weighted by atomic mass is 15.2. The Morgan fingerprint density at radius 1 is 0.413 bits per heavy atom. The van der Waals surface area contributed by atoms with Crippen molar-refractivity contribution in [2.75, 3.05) is 9.80 Å². The maximum Gasteiger partial charge on any atom is 0.333 e. The summed E-state index contributed by atoms with van der Waals surface area (Å²) in [7, 11) is 0. The second-order valence-corrected chi connectivity index (χ2v) is 17.2. The fraction of sp³-hybridized carbons (Fsp3) is 0.0169. The Morgan fingerprint density at radius 3 is 1.70 bits per heavy atom. The lowest BCUT2D eigenvalue weighted by Gasteiger charge is -2.50. The minimum atomic E-state index is -0.587. The molecule has 10 aromatic carbocycles. The summed E-state index contributed by atoms with van der Waals surface area (Å²) in [5, 5.41) is 5.08. The number of rotatable bonds is 5. The summed E-state index contributed by atoms with van der Waals surface area (Å²) in [5.41, 5.74) is 19.2. The van der Waals surface area contributed by atoms with Crippen molar-refractivity contribution in [3.63, 3.8) is 0 Å². The first-order chi connectivity index (χ1) is 31.3. The van der Waals surface area contributed by atoms with Gasteiger partial charge in [0.1, 0.15) is 0 Å². The normalized spacial score (nSPS) is 13.8. The van der Waals surface area contributed by atoms with E-state index in [1.807, 2.05) is 0 Å². The monoisotopic (exact) mass is 799 g/mol. The molecule has 4 heteroatoms. The lowest BCUT2D eigenvalue weighted by atomic mass is 9.44. The first-order valence-electron chi connectivity index (χ1n) is 22.0. The predicted octanol–water partition coefficient (Wildman–Crippen LogP) is 13.5. The number of nitrogens with zero attached hydrogens (tertiary/aromatic N) is 3. The van der Waals surface area contributed by atoms with Crippen LogP contribution < -0.4 is 20.7 Å². The molecule has 0 saturated carbocycles. The van der Waals surface area contributed by atoms with Crippen molar-refractivity contribution < 1.29 is 0 Å². The van der Waals surface area contributed by atoms with Crippen molar-refractivity contribution in [1.82, 2.24) is 4.48 Å². The summed E-state index contributed by atoms with van der Waals surface area (Å²) in [6, 6.07) is 86.0. The topological polar surface area (TPSA) is 11.4 Å². The zero-order valence-electron chi connectivity index (χ0n) is 34.4. The van der Waals surface area contributed by atoms with E-state index in [2.05, 4.69) is 245 Å². The second-order valence-electron chi connectivity index (χ2n) is 17.2. The third-order valence-corrected chi connectivity index (χ3v) is 14.1. The highest BCUT2D eigenvalue weighted by Gasteiger charge is 2.52. The minimum absolute atomic E-state index is 0.0947.